The molecule has 1 rings (SSSR count). The highest BCUT2D eigenvalue weighted by molar-refractivity contribution is 7.91. The summed E-state index contributed by atoms with van der Waals surface area (Å²) in [6, 6.07) is -0.298. The minimum Gasteiger partial charge on any atom is -0.468 e. The van der Waals surface area contributed by atoms with Gasteiger partial charge >= 0.3 is 5.97 Å². The van der Waals surface area contributed by atoms with E-state index in [1.54, 1.807) is 0 Å². The molecule has 0 saturated heterocycles. The van der Waals surface area contributed by atoms with Crippen LogP contribution in [0.1, 0.15) is 39.5 Å². The van der Waals surface area contributed by atoms with Crippen molar-refractivity contribution < 1.29 is 17.9 Å². The molecule has 1 saturated carbocycles. The number of sulfone groups is 1. The van der Waals surface area contributed by atoms with Gasteiger partial charge in [-0.15, -0.1) is 0 Å². The van der Waals surface area contributed by atoms with Crippen molar-refractivity contribution in [1.82, 2.24) is 5.32 Å². The third-order valence-corrected chi connectivity index (χ3v) is 5.41. The first-order valence-corrected chi connectivity index (χ1v) is 8.74. The summed E-state index contributed by atoms with van der Waals surface area (Å²) in [5.41, 5.74) is 0. The van der Waals surface area contributed by atoms with Crippen molar-refractivity contribution in [2.75, 3.05) is 13.4 Å². The first-order chi connectivity index (χ1) is 8.75. The normalized spacial score (nSPS) is 26.2. The number of carbonyl (C=O) groups is 1. The second kappa shape index (κ2) is 6.70. The van der Waals surface area contributed by atoms with Gasteiger partial charge in [-0.1, -0.05) is 20.3 Å². The van der Waals surface area contributed by atoms with Crippen molar-refractivity contribution in [3.05, 3.63) is 0 Å². The van der Waals surface area contributed by atoms with Crippen LogP contribution >= 0.6 is 0 Å². The molecular weight excluding hydrogens is 266 g/mol. The molecule has 0 amide bonds. The second-order valence-corrected chi connectivity index (χ2v) is 8.05. The highest BCUT2D eigenvalue weighted by Gasteiger charge is 2.32. The standard InChI is InChI=1S/C13H25NO4S/c1-9(2)12(13(15)18-3)14-10-6-5-7-11(8-10)19(4,16)17/h9-12,14H,5-8H2,1-4H3. The first-order valence-electron chi connectivity index (χ1n) is 6.78. The Morgan fingerprint density at radius 1 is 1.32 bits per heavy atom. The van der Waals surface area contributed by atoms with E-state index < -0.39 is 9.84 Å². The van der Waals surface area contributed by atoms with Crippen molar-refractivity contribution in [3.8, 4) is 0 Å². The van der Waals surface area contributed by atoms with Gasteiger partial charge in [0.15, 0.2) is 0 Å². The number of hydrogen-bond donors (Lipinski definition) is 1. The SMILES string of the molecule is COC(=O)C(NC1CCCC(S(C)(=O)=O)C1)C(C)C. The smallest absolute Gasteiger partial charge is 0.323 e. The Balaban J connectivity index is 2.67. The number of methoxy groups -OCH3 is 1. The lowest BCUT2D eigenvalue weighted by Crippen LogP contribution is -2.49. The predicted molar refractivity (Wildman–Crippen MR) is 74.7 cm³/mol. The van der Waals surface area contributed by atoms with Crippen LogP contribution in [0.2, 0.25) is 0 Å². The van der Waals surface area contributed by atoms with E-state index in [1.807, 2.05) is 13.8 Å². The molecule has 112 valence electrons. The van der Waals surface area contributed by atoms with E-state index in [-0.39, 0.29) is 29.2 Å². The summed E-state index contributed by atoms with van der Waals surface area (Å²) in [6.07, 6.45) is 4.38. The fourth-order valence-electron chi connectivity index (χ4n) is 2.60. The molecule has 0 spiro atoms. The number of hydrogen-bond acceptors (Lipinski definition) is 5. The van der Waals surface area contributed by atoms with E-state index in [1.165, 1.54) is 13.4 Å². The summed E-state index contributed by atoms with van der Waals surface area (Å²) in [6.45, 7) is 3.90. The average molecular weight is 291 g/mol. The molecule has 0 heterocycles. The summed E-state index contributed by atoms with van der Waals surface area (Å²) < 4.78 is 28.0. The Bertz CT molecular complexity index is 405. The largest absolute Gasteiger partial charge is 0.468 e. The third kappa shape index (κ3) is 4.76. The Morgan fingerprint density at radius 3 is 2.42 bits per heavy atom. The number of rotatable bonds is 5. The summed E-state index contributed by atoms with van der Waals surface area (Å²) >= 11 is 0. The van der Waals surface area contributed by atoms with Crippen LogP contribution in [-0.2, 0) is 19.4 Å². The van der Waals surface area contributed by atoms with Gasteiger partial charge in [-0.25, -0.2) is 8.42 Å². The second-order valence-electron chi connectivity index (χ2n) is 5.73. The molecule has 0 aromatic carbocycles. The van der Waals surface area contributed by atoms with Crippen molar-refractivity contribution >= 4 is 15.8 Å². The molecule has 1 fully saturated rings. The molecule has 3 unspecified atom stereocenters. The number of ether oxygens (including phenoxy) is 1. The zero-order valence-electron chi connectivity index (χ0n) is 12.2. The van der Waals surface area contributed by atoms with Crippen LogP contribution in [-0.4, -0.2) is 45.1 Å². The molecule has 0 aliphatic heterocycles. The Morgan fingerprint density at radius 2 is 1.95 bits per heavy atom. The van der Waals surface area contributed by atoms with Gasteiger partial charge < -0.3 is 10.1 Å². The molecule has 6 heteroatoms. The van der Waals surface area contributed by atoms with Crippen LogP contribution in [0.15, 0.2) is 0 Å². The van der Waals surface area contributed by atoms with Gasteiger partial charge in [0.05, 0.1) is 12.4 Å². The molecule has 0 aromatic rings. The van der Waals surface area contributed by atoms with Gasteiger partial charge in [-0.05, 0) is 25.2 Å². The van der Waals surface area contributed by atoms with E-state index >= 15 is 0 Å². The van der Waals surface area contributed by atoms with Gasteiger partial charge in [0.2, 0.25) is 0 Å². The van der Waals surface area contributed by atoms with Crippen molar-refractivity contribution in [1.29, 1.82) is 0 Å². The van der Waals surface area contributed by atoms with Gasteiger partial charge in [-0.2, -0.15) is 0 Å². The molecular formula is C13H25NO4S. The number of carbonyl (C=O) groups excluding carboxylic acids is 1. The molecule has 3 atom stereocenters. The lowest BCUT2D eigenvalue weighted by molar-refractivity contribution is -0.144. The Labute approximate surface area is 116 Å². The van der Waals surface area contributed by atoms with Crippen molar-refractivity contribution in [2.24, 2.45) is 5.92 Å². The quantitative estimate of drug-likeness (QED) is 0.769. The first kappa shape index (κ1) is 16.4. The monoisotopic (exact) mass is 291 g/mol. The minimum absolute atomic E-state index is 0.0694. The van der Waals surface area contributed by atoms with E-state index in [2.05, 4.69) is 5.32 Å². The zero-order valence-corrected chi connectivity index (χ0v) is 13.0. The van der Waals surface area contributed by atoms with Gasteiger partial charge in [0.25, 0.3) is 0 Å². The van der Waals surface area contributed by atoms with E-state index in [9.17, 15) is 13.2 Å². The Kier molecular flexibility index (Phi) is 5.80. The molecule has 0 bridgehead atoms. The maximum absolute atomic E-state index is 11.7. The lowest BCUT2D eigenvalue weighted by atomic mass is 9.93. The molecule has 19 heavy (non-hydrogen) atoms. The highest BCUT2D eigenvalue weighted by atomic mass is 32.2. The third-order valence-electron chi connectivity index (χ3n) is 3.77. The maximum atomic E-state index is 11.7. The van der Waals surface area contributed by atoms with Gasteiger partial charge in [0.1, 0.15) is 15.9 Å². The topological polar surface area (TPSA) is 72.5 Å². The summed E-state index contributed by atoms with van der Waals surface area (Å²) in [5, 5.41) is 2.98. The molecule has 1 aliphatic rings. The van der Waals surface area contributed by atoms with Crippen LogP contribution in [0.25, 0.3) is 0 Å². The fraction of sp³-hybridized carbons (Fsp3) is 0.923. The number of esters is 1. The highest BCUT2D eigenvalue weighted by Crippen LogP contribution is 2.24. The molecule has 0 aromatic heterocycles. The van der Waals surface area contributed by atoms with E-state index in [4.69, 9.17) is 4.74 Å². The summed E-state index contributed by atoms with van der Waals surface area (Å²) in [7, 11) is -1.62. The fourth-order valence-corrected chi connectivity index (χ4v) is 3.78. The van der Waals surface area contributed by atoms with Crippen LogP contribution < -0.4 is 5.32 Å². The molecule has 0 radical (unpaired) electrons. The molecule has 5 nitrogen and oxygen atoms in total. The van der Waals surface area contributed by atoms with Crippen LogP contribution in [0, 0.1) is 5.92 Å². The number of nitrogens with one attached hydrogen (secondary N) is 1. The summed E-state index contributed by atoms with van der Waals surface area (Å²) in [5.74, 6) is -0.164. The van der Waals surface area contributed by atoms with Crippen molar-refractivity contribution in [2.45, 2.75) is 56.9 Å². The van der Waals surface area contributed by atoms with Crippen molar-refractivity contribution in [3.63, 3.8) is 0 Å². The van der Waals surface area contributed by atoms with Gasteiger partial charge in [0, 0.05) is 12.3 Å². The van der Waals surface area contributed by atoms with E-state index in [0.717, 1.165) is 19.3 Å². The minimum atomic E-state index is -3.00. The van der Waals surface area contributed by atoms with E-state index in [0.29, 0.717) is 6.42 Å². The van der Waals surface area contributed by atoms with Crippen LogP contribution in [0.3, 0.4) is 0 Å². The lowest BCUT2D eigenvalue weighted by Gasteiger charge is -2.32. The molecule has 1 aliphatic carbocycles. The van der Waals surface area contributed by atoms with Crippen LogP contribution in [0.4, 0.5) is 0 Å². The zero-order chi connectivity index (χ0) is 14.6. The molecule has 1 N–H and O–H groups in total. The van der Waals surface area contributed by atoms with Gasteiger partial charge in [-0.3, -0.25) is 4.79 Å². The average Bonchev–Trinajstić information content (AvgIpc) is 2.34. The maximum Gasteiger partial charge on any atom is 0.323 e. The Hall–Kier alpha value is -0.620. The predicted octanol–water partition coefficient (Wildman–Crippen LogP) is 1.13. The van der Waals surface area contributed by atoms with Crippen LogP contribution in [0.5, 0.6) is 0 Å². The summed E-state index contributed by atoms with van der Waals surface area (Å²) in [4.78, 5) is 11.7.